The third-order valence-corrected chi connectivity index (χ3v) is 3.97. The quantitative estimate of drug-likeness (QED) is 0.676. The number of nitrogen functional groups attached to an aromatic ring is 1. The van der Waals surface area contributed by atoms with E-state index in [0.29, 0.717) is 29.2 Å². The molecular weight excluding hydrogens is 344 g/mol. The van der Waals surface area contributed by atoms with Gasteiger partial charge in [-0.05, 0) is 29.8 Å². The molecule has 1 heterocycles. The molecule has 3 aromatic rings. The number of hydroxylamine groups is 2. The first kappa shape index (κ1) is 18.3. The van der Waals surface area contributed by atoms with Crippen LogP contribution in [0.5, 0.6) is 5.75 Å². The summed E-state index contributed by atoms with van der Waals surface area (Å²) < 4.78 is 5.98. The lowest BCUT2D eigenvalue weighted by Gasteiger charge is -2.16. The first-order valence-corrected chi connectivity index (χ1v) is 8.30. The molecular formula is C20H20N4O3. The van der Waals surface area contributed by atoms with Crippen LogP contribution in [0, 0.1) is 0 Å². The van der Waals surface area contributed by atoms with Crippen LogP contribution >= 0.6 is 0 Å². The molecule has 1 amide bonds. The Bertz CT molecular complexity index is 932. The van der Waals surface area contributed by atoms with Crippen LogP contribution in [0.1, 0.15) is 15.9 Å². The van der Waals surface area contributed by atoms with Gasteiger partial charge < -0.3 is 10.5 Å². The number of anilines is 1. The van der Waals surface area contributed by atoms with Crippen molar-refractivity contribution in [2.75, 3.05) is 19.9 Å². The summed E-state index contributed by atoms with van der Waals surface area (Å²) in [6.45, 7) is 0.389. The van der Waals surface area contributed by atoms with Crippen molar-refractivity contribution in [2.24, 2.45) is 0 Å². The Hall–Kier alpha value is -3.45. The fourth-order valence-corrected chi connectivity index (χ4v) is 2.51. The Balaban J connectivity index is 1.97. The molecule has 3 rings (SSSR count). The minimum atomic E-state index is -0.282. The van der Waals surface area contributed by atoms with E-state index in [1.807, 2.05) is 30.3 Å². The lowest BCUT2D eigenvalue weighted by atomic mass is 10.1. The summed E-state index contributed by atoms with van der Waals surface area (Å²) in [5.41, 5.74) is 8.41. The predicted octanol–water partition coefficient (Wildman–Crippen LogP) is 2.94. The van der Waals surface area contributed by atoms with Crippen LogP contribution in [0.15, 0.2) is 60.8 Å². The van der Waals surface area contributed by atoms with Gasteiger partial charge in [0.25, 0.3) is 5.91 Å². The van der Waals surface area contributed by atoms with Gasteiger partial charge in [-0.2, -0.15) is 0 Å². The van der Waals surface area contributed by atoms with Gasteiger partial charge >= 0.3 is 0 Å². The highest BCUT2D eigenvalue weighted by Crippen LogP contribution is 2.31. The zero-order valence-electron chi connectivity index (χ0n) is 15.1. The summed E-state index contributed by atoms with van der Waals surface area (Å²) >= 11 is 0. The van der Waals surface area contributed by atoms with E-state index >= 15 is 0 Å². The maximum Gasteiger partial charge on any atom is 0.277 e. The monoisotopic (exact) mass is 364 g/mol. The van der Waals surface area contributed by atoms with E-state index in [9.17, 15) is 4.79 Å². The number of ether oxygens (including phenoxy) is 1. The van der Waals surface area contributed by atoms with Crippen LogP contribution in [0.4, 0.5) is 5.95 Å². The predicted molar refractivity (Wildman–Crippen MR) is 102 cm³/mol. The van der Waals surface area contributed by atoms with Crippen molar-refractivity contribution in [2.45, 2.75) is 6.61 Å². The standard InChI is InChI=1S/C20H20N4O3/c1-24(26-2)19(25)15-8-9-18(27-13-14-6-4-3-5-7-14)16(12-15)17-10-11-22-20(21)23-17/h3-12H,13H2,1-2H3,(H2,21,22,23). The minimum absolute atomic E-state index is 0.146. The van der Waals surface area contributed by atoms with Gasteiger partial charge in [-0.25, -0.2) is 15.0 Å². The second-order valence-corrected chi connectivity index (χ2v) is 5.77. The van der Waals surface area contributed by atoms with Crippen LogP contribution in [0.25, 0.3) is 11.3 Å². The number of rotatable bonds is 6. The summed E-state index contributed by atoms with van der Waals surface area (Å²) in [6, 6.07) is 16.7. The van der Waals surface area contributed by atoms with Crippen molar-refractivity contribution in [3.8, 4) is 17.0 Å². The SMILES string of the molecule is CON(C)C(=O)c1ccc(OCc2ccccc2)c(-c2ccnc(N)n2)c1. The van der Waals surface area contributed by atoms with E-state index in [1.165, 1.54) is 7.11 Å². The van der Waals surface area contributed by atoms with Gasteiger partial charge in [0.2, 0.25) is 5.95 Å². The summed E-state index contributed by atoms with van der Waals surface area (Å²) in [6.07, 6.45) is 1.56. The molecule has 1 aromatic heterocycles. The largest absolute Gasteiger partial charge is 0.488 e. The highest BCUT2D eigenvalue weighted by atomic mass is 16.7. The summed E-state index contributed by atoms with van der Waals surface area (Å²) in [5, 5.41) is 1.15. The minimum Gasteiger partial charge on any atom is -0.488 e. The molecule has 138 valence electrons. The fraction of sp³-hybridized carbons (Fsp3) is 0.150. The maximum absolute atomic E-state index is 12.4. The smallest absolute Gasteiger partial charge is 0.277 e. The zero-order valence-corrected chi connectivity index (χ0v) is 15.1. The first-order chi connectivity index (χ1) is 13.1. The van der Waals surface area contributed by atoms with Crippen molar-refractivity contribution >= 4 is 11.9 Å². The molecule has 0 bridgehead atoms. The molecule has 27 heavy (non-hydrogen) atoms. The van der Waals surface area contributed by atoms with Crippen LogP contribution in [0.3, 0.4) is 0 Å². The second kappa shape index (κ2) is 8.29. The van der Waals surface area contributed by atoms with Gasteiger partial charge in [0.15, 0.2) is 0 Å². The number of aromatic nitrogens is 2. The van der Waals surface area contributed by atoms with Gasteiger partial charge in [0.05, 0.1) is 12.8 Å². The summed E-state index contributed by atoms with van der Waals surface area (Å²) in [4.78, 5) is 25.6. The molecule has 0 fully saturated rings. The Labute approximate surface area is 157 Å². The van der Waals surface area contributed by atoms with Crippen LogP contribution < -0.4 is 10.5 Å². The second-order valence-electron chi connectivity index (χ2n) is 5.77. The number of benzene rings is 2. The lowest BCUT2D eigenvalue weighted by Crippen LogP contribution is -2.25. The molecule has 0 aliphatic carbocycles. The first-order valence-electron chi connectivity index (χ1n) is 8.30. The van der Waals surface area contributed by atoms with E-state index < -0.39 is 0 Å². The Morgan fingerprint density at radius 1 is 1.15 bits per heavy atom. The Kier molecular flexibility index (Phi) is 5.63. The molecule has 0 aliphatic heterocycles. The van der Waals surface area contributed by atoms with E-state index in [0.717, 1.165) is 10.6 Å². The van der Waals surface area contributed by atoms with Crippen molar-refractivity contribution < 1.29 is 14.4 Å². The molecule has 0 atom stereocenters. The Morgan fingerprint density at radius 3 is 2.63 bits per heavy atom. The van der Waals surface area contributed by atoms with E-state index in [1.54, 1.807) is 37.5 Å². The van der Waals surface area contributed by atoms with Crippen molar-refractivity contribution in [1.82, 2.24) is 15.0 Å². The number of nitrogens with zero attached hydrogens (tertiary/aromatic N) is 3. The van der Waals surface area contributed by atoms with Crippen LogP contribution in [-0.4, -0.2) is 35.1 Å². The summed E-state index contributed by atoms with van der Waals surface area (Å²) in [5.74, 6) is 0.455. The van der Waals surface area contributed by atoms with Crippen LogP contribution in [-0.2, 0) is 11.4 Å². The Morgan fingerprint density at radius 2 is 1.93 bits per heavy atom. The lowest BCUT2D eigenvalue weighted by molar-refractivity contribution is -0.0756. The maximum atomic E-state index is 12.4. The molecule has 2 N–H and O–H groups in total. The van der Waals surface area contributed by atoms with Gasteiger partial charge in [-0.15, -0.1) is 0 Å². The van der Waals surface area contributed by atoms with Crippen LogP contribution in [0.2, 0.25) is 0 Å². The average Bonchev–Trinajstić information content (AvgIpc) is 2.71. The normalized spacial score (nSPS) is 10.4. The van der Waals surface area contributed by atoms with E-state index in [2.05, 4.69) is 9.97 Å². The molecule has 0 saturated carbocycles. The third kappa shape index (κ3) is 4.39. The van der Waals surface area contributed by atoms with Gasteiger partial charge in [-0.3, -0.25) is 9.63 Å². The third-order valence-electron chi connectivity index (χ3n) is 3.97. The number of hydrogen-bond acceptors (Lipinski definition) is 6. The highest BCUT2D eigenvalue weighted by Gasteiger charge is 2.16. The van der Waals surface area contributed by atoms with Crippen molar-refractivity contribution in [3.05, 3.63) is 71.9 Å². The fourth-order valence-electron chi connectivity index (χ4n) is 2.51. The molecule has 7 heteroatoms. The molecule has 0 spiro atoms. The molecule has 0 radical (unpaired) electrons. The summed E-state index contributed by atoms with van der Waals surface area (Å²) in [7, 11) is 2.98. The van der Waals surface area contributed by atoms with Gasteiger partial charge in [-0.1, -0.05) is 30.3 Å². The molecule has 0 saturated heterocycles. The number of carbonyl (C=O) groups excluding carboxylic acids is 1. The number of nitrogens with two attached hydrogens (primary N) is 1. The topological polar surface area (TPSA) is 90.6 Å². The van der Waals surface area contributed by atoms with E-state index in [-0.39, 0.29) is 11.9 Å². The van der Waals surface area contributed by atoms with Crippen molar-refractivity contribution in [1.29, 1.82) is 0 Å². The molecule has 0 unspecified atom stereocenters. The number of carbonyl (C=O) groups is 1. The van der Waals surface area contributed by atoms with Gasteiger partial charge in [0.1, 0.15) is 12.4 Å². The number of amides is 1. The number of hydrogen-bond donors (Lipinski definition) is 1. The molecule has 0 aliphatic rings. The van der Waals surface area contributed by atoms with Gasteiger partial charge in [0, 0.05) is 24.4 Å². The average molecular weight is 364 g/mol. The molecule has 7 nitrogen and oxygen atoms in total. The van der Waals surface area contributed by atoms with Crippen molar-refractivity contribution in [3.63, 3.8) is 0 Å². The highest BCUT2D eigenvalue weighted by molar-refractivity contribution is 5.95. The molecule has 2 aromatic carbocycles. The van der Waals surface area contributed by atoms with E-state index in [4.69, 9.17) is 15.3 Å². The zero-order chi connectivity index (χ0) is 19.2.